The van der Waals surface area contributed by atoms with Gasteiger partial charge in [0.25, 0.3) is 5.56 Å². The summed E-state index contributed by atoms with van der Waals surface area (Å²) in [6.07, 6.45) is 1.97. The van der Waals surface area contributed by atoms with Crippen LogP contribution < -0.4 is 10.9 Å². The highest BCUT2D eigenvalue weighted by Gasteiger charge is 2.29. The van der Waals surface area contributed by atoms with Gasteiger partial charge in [0, 0.05) is 35.3 Å². The molecule has 0 spiro atoms. The zero-order valence-corrected chi connectivity index (χ0v) is 14.0. The van der Waals surface area contributed by atoms with E-state index in [-0.39, 0.29) is 11.3 Å². The first-order valence-corrected chi connectivity index (χ1v) is 8.28. The number of aromatic nitrogens is 3. The Morgan fingerprint density at radius 2 is 2.00 bits per heavy atom. The predicted octanol–water partition coefficient (Wildman–Crippen LogP) is 2.11. The van der Waals surface area contributed by atoms with Crippen molar-refractivity contribution in [2.24, 2.45) is 0 Å². The third kappa shape index (κ3) is 2.90. The maximum absolute atomic E-state index is 12.7. The number of rotatable bonds is 3. The van der Waals surface area contributed by atoms with Crippen molar-refractivity contribution < 1.29 is 4.79 Å². The van der Waals surface area contributed by atoms with Gasteiger partial charge in [-0.05, 0) is 36.4 Å². The number of nitrogens with zero attached hydrogens (tertiary/aromatic N) is 2. The van der Waals surface area contributed by atoms with Crippen LogP contribution in [0, 0.1) is 0 Å². The number of hydrogen-bond acceptors (Lipinski definition) is 4. The van der Waals surface area contributed by atoms with Gasteiger partial charge in [0.1, 0.15) is 0 Å². The summed E-state index contributed by atoms with van der Waals surface area (Å²) in [4.78, 5) is 29.6. The number of nitrogens with one attached hydrogen (secondary N) is 2. The summed E-state index contributed by atoms with van der Waals surface area (Å²) in [5.41, 5.74) is 1.82. The van der Waals surface area contributed by atoms with E-state index in [1.807, 2.05) is 6.07 Å². The molecular weight excluding hydrogens is 340 g/mol. The van der Waals surface area contributed by atoms with Crippen molar-refractivity contribution in [2.75, 3.05) is 0 Å². The fourth-order valence-corrected chi connectivity index (χ4v) is 3.15. The Morgan fingerprint density at radius 1 is 1.20 bits per heavy atom. The van der Waals surface area contributed by atoms with E-state index in [1.165, 1.54) is 4.68 Å². The van der Waals surface area contributed by atoms with E-state index in [9.17, 15) is 9.59 Å². The third-order valence-electron chi connectivity index (χ3n) is 4.33. The molecule has 3 aromatic rings. The summed E-state index contributed by atoms with van der Waals surface area (Å²) in [5.74, 6) is 0.481. The molecule has 1 aromatic carbocycles. The monoisotopic (exact) mass is 354 g/mol. The van der Waals surface area contributed by atoms with Crippen molar-refractivity contribution in [1.29, 1.82) is 0 Å². The van der Waals surface area contributed by atoms with E-state index in [2.05, 4.69) is 15.4 Å². The molecule has 0 bridgehead atoms. The number of aromatic amines is 1. The van der Waals surface area contributed by atoms with E-state index in [0.717, 1.165) is 5.69 Å². The first-order chi connectivity index (χ1) is 12.1. The van der Waals surface area contributed by atoms with Crippen LogP contribution in [-0.2, 0) is 13.0 Å². The fraction of sp³-hybridized carbons (Fsp3) is 0.167. The molecule has 0 saturated carbocycles. The molecule has 0 amide bonds. The first-order valence-electron chi connectivity index (χ1n) is 7.91. The summed E-state index contributed by atoms with van der Waals surface area (Å²) >= 11 is 5.87. The summed E-state index contributed by atoms with van der Waals surface area (Å²) in [7, 11) is 0. The van der Waals surface area contributed by atoms with Crippen molar-refractivity contribution in [1.82, 2.24) is 20.1 Å². The molecule has 3 heterocycles. The van der Waals surface area contributed by atoms with E-state index in [0.29, 0.717) is 34.9 Å². The Morgan fingerprint density at radius 3 is 2.72 bits per heavy atom. The lowest BCUT2D eigenvalue weighted by molar-refractivity contribution is 0.0937. The van der Waals surface area contributed by atoms with Crippen molar-refractivity contribution in [3.8, 4) is 5.82 Å². The van der Waals surface area contributed by atoms with Crippen molar-refractivity contribution in [3.05, 3.63) is 80.9 Å². The molecule has 0 radical (unpaired) electrons. The van der Waals surface area contributed by atoms with Crippen LogP contribution in [0.2, 0.25) is 5.02 Å². The molecule has 0 aliphatic carbocycles. The highest BCUT2D eigenvalue weighted by molar-refractivity contribution is 6.30. The lowest BCUT2D eigenvalue weighted by atomic mass is 9.95. The van der Waals surface area contributed by atoms with Gasteiger partial charge in [-0.1, -0.05) is 17.7 Å². The molecule has 1 aliphatic heterocycles. The molecule has 2 aromatic heterocycles. The Balaban J connectivity index is 1.63. The van der Waals surface area contributed by atoms with Crippen LogP contribution in [0.3, 0.4) is 0 Å². The highest BCUT2D eigenvalue weighted by Crippen LogP contribution is 2.17. The first kappa shape index (κ1) is 15.8. The van der Waals surface area contributed by atoms with Crippen molar-refractivity contribution in [2.45, 2.75) is 19.0 Å². The molecule has 1 aliphatic rings. The fourth-order valence-electron chi connectivity index (χ4n) is 3.02. The average molecular weight is 355 g/mol. The molecule has 1 atom stereocenters. The summed E-state index contributed by atoms with van der Waals surface area (Å²) < 4.78 is 1.42. The Labute approximate surface area is 148 Å². The van der Waals surface area contributed by atoms with Gasteiger partial charge < -0.3 is 5.32 Å². The number of Topliss-reactive ketones (excluding diaryl/α,β-unsaturated/α-hetero) is 1. The van der Waals surface area contributed by atoms with E-state index >= 15 is 0 Å². The second kappa shape index (κ2) is 6.31. The van der Waals surface area contributed by atoms with Gasteiger partial charge in [0.15, 0.2) is 11.6 Å². The molecule has 25 heavy (non-hydrogen) atoms. The number of pyridine rings is 1. The lowest BCUT2D eigenvalue weighted by Crippen LogP contribution is -2.42. The minimum atomic E-state index is -0.436. The van der Waals surface area contributed by atoms with Gasteiger partial charge in [0.05, 0.1) is 11.7 Å². The van der Waals surface area contributed by atoms with E-state index in [4.69, 9.17) is 11.6 Å². The van der Waals surface area contributed by atoms with E-state index in [1.54, 1.807) is 42.6 Å². The number of fused-ring (bicyclic) bond motifs is 1. The average Bonchev–Trinajstić information content (AvgIpc) is 2.99. The predicted molar refractivity (Wildman–Crippen MR) is 94.3 cm³/mol. The highest BCUT2D eigenvalue weighted by atomic mass is 35.5. The number of H-pyrrole nitrogens is 1. The number of carbonyl (C=O) groups excluding carboxylic acids is 1. The maximum Gasteiger partial charge on any atom is 0.276 e. The van der Waals surface area contributed by atoms with Crippen LogP contribution in [0.15, 0.2) is 53.5 Å². The Kier molecular flexibility index (Phi) is 3.99. The quantitative estimate of drug-likeness (QED) is 0.706. The van der Waals surface area contributed by atoms with Crippen molar-refractivity contribution >= 4 is 17.4 Å². The smallest absolute Gasteiger partial charge is 0.276 e. The topological polar surface area (TPSA) is 79.8 Å². The van der Waals surface area contributed by atoms with Gasteiger partial charge in [-0.25, -0.2) is 9.67 Å². The summed E-state index contributed by atoms with van der Waals surface area (Å²) in [6, 6.07) is 11.7. The molecular formula is C18H15ClN4O2. The molecule has 6 nitrogen and oxygen atoms in total. The second-order valence-corrected chi connectivity index (χ2v) is 6.34. The molecule has 2 N–H and O–H groups in total. The van der Waals surface area contributed by atoms with Gasteiger partial charge in [-0.2, -0.15) is 0 Å². The van der Waals surface area contributed by atoms with E-state index < -0.39 is 6.04 Å². The molecule has 0 saturated heterocycles. The second-order valence-electron chi connectivity index (χ2n) is 5.91. The standard InChI is InChI=1S/C18H15ClN4O2/c19-12-6-4-11(5-7-12)17(24)14-9-13-15(10-21-14)22-23(18(13)25)16-3-1-2-8-20-16/h1-8,14,21-22H,9-10H2. The normalized spacial score (nSPS) is 16.4. The van der Waals surface area contributed by atoms with Crippen LogP contribution in [0.1, 0.15) is 21.6 Å². The summed E-state index contributed by atoms with van der Waals surface area (Å²) in [5, 5.41) is 6.85. The lowest BCUT2D eigenvalue weighted by Gasteiger charge is -2.21. The van der Waals surface area contributed by atoms with Gasteiger partial charge in [-0.15, -0.1) is 0 Å². The van der Waals surface area contributed by atoms with Crippen molar-refractivity contribution in [3.63, 3.8) is 0 Å². The zero-order chi connectivity index (χ0) is 17.4. The number of carbonyl (C=O) groups is 1. The Hall–Kier alpha value is -2.70. The molecule has 4 rings (SSSR count). The molecule has 7 heteroatoms. The zero-order valence-electron chi connectivity index (χ0n) is 13.2. The van der Waals surface area contributed by atoms with Crippen LogP contribution in [0.5, 0.6) is 0 Å². The maximum atomic E-state index is 12.7. The third-order valence-corrected chi connectivity index (χ3v) is 4.58. The SMILES string of the molecule is O=C(c1ccc(Cl)cc1)C1Cc2c([nH]n(-c3ccccn3)c2=O)CN1. The number of halogens is 1. The Bertz CT molecular complexity index is 977. The minimum absolute atomic E-state index is 0.0488. The van der Waals surface area contributed by atoms with Crippen LogP contribution in [0.4, 0.5) is 0 Å². The van der Waals surface area contributed by atoms with Gasteiger partial charge in [-0.3, -0.25) is 14.7 Å². The summed E-state index contributed by atoms with van der Waals surface area (Å²) in [6.45, 7) is 0.425. The minimum Gasteiger partial charge on any atom is -0.301 e. The number of hydrogen-bond donors (Lipinski definition) is 2. The van der Waals surface area contributed by atoms with Crippen LogP contribution in [0.25, 0.3) is 5.82 Å². The molecule has 1 unspecified atom stereocenters. The number of benzene rings is 1. The largest absolute Gasteiger partial charge is 0.301 e. The molecule has 126 valence electrons. The molecule has 0 fully saturated rings. The van der Waals surface area contributed by atoms with Gasteiger partial charge >= 0.3 is 0 Å². The number of ketones is 1. The van der Waals surface area contributed by atoms with Gasteiger partial charge in [0.2, 0.25) is 0 Å². The van der Waals surface area contributed by atoms with Crippen LogP contribution in [-0.4, -0.2) is 26.6 Å². The van der Waals surface area contributed by atoms with Crippen LogP contribution >= 0.6 is 11.6 Å².